The Bertz CT molecular complexity index is 356. The highest BCUT2D eigenvalue weighted by Gasteiger charge is 2.40. The van der Waals surface area contributed by atoms with Gasteiger partial charge in [0.1, 0.15) is 5.75 Å². The molecule has 0 aromatic heterocycles. The molecule has 0 unspecified atom stereocenters. The van der Waals surface area contributed by atoms with Crippen LogP contribution in [0.2, 0.25) is 6.04 Å². The third-order valence-electron chi connectivity index (χ3n) is 2.55. The van der Waals surface area contributed by atoms with Gasteiger partial charge in [-0.2, -0.15) is 0 Å². The third kappa shape index (κ3) is 3.98. The maximum absolute atomic E-state index is 5.99. The van der Waals surface area contributed by atoms with E-state index in [0.29, 0.717) is 13.2 Å². The molecule has 0 heterocycles. The molecule has 0 aliphatic rings. The Labute approximate surface area is 111 Å². The van der Waals surface area contributed by atoms with Crippen LogP contribution in [0, 0.1) is 0 Å². The summed E-state index contributed by atoms with van der Waals surface area (Å²) in [7, 11) is -2.56. The molecule has 3 nitrogen and oxygen atoms in total. The molecular formula is C14H22O3Si. The molecule has 0 aliphatic heterocycles. The molecule has 1 aromatic rings. The molecule has 0 aliphatic carbocycles. The van der Waals surface area contributed by atoms with Gasteiger partial charge in [-0.3, -0.25) is 0 Å². The van der Waals surface area contributed by atoms with Crippen molar-refractivity contribution in [2.24, 2.45) is 0 Å². The maximum atomic E-state index is 5.99. The summed E-state index contributed by atoms with van der Waals surface area (Å²) in [4.78, 5) is 0. The van der Waals surface area contributed by atoms with Gasteiger partial charge >= 0.3 is 8.80 Å². The van der Waals surface area contributed by atoms with Gasteiger partial charge in [0.25, 0.3) is 0 Å². The van der Waals surface area contributed by atoms with Crippen LogP contribution < -0.4 is 4.43 Å². The van der Waals surface area contributed by atoms with E-state index >= 15 is 0 Å². The first kappa shape index (κ1) is 15.0. The van der Waals surface area contributed by atoms with Crippen LogP contribution in [0.25, 0.3) is 6.08 Å². The minimum Gasteiger partial charge on any atom is -0.501 e. The highest BCUT2D eigenvalue weighted by Crippen LogP contribution is 2.21. The van der Waals surface area contributed by atoms with E-state index in [1.165, 1.54) is 0 Å². The van der Waals surface area contributed by atoms with Gasteiger partial charge in [0, 0.05) is 19.3 Å². The lowest BCUT2D eigenvalue weighted by Crippen LogP contribution is -2.48. The first-order valence-corrected chi connectivity index (χ1v) is 8.32. The molecule has 0 saturated carbocycles. The molecule has 0 N–H and O–H groups in total. The molecule has 4 heteroatoms. The van der Waals surface area contributed by atoms with Gasteiger partial charge in [-0.25, -0.2) is 0 Å². The second kappa shape index (κ2) is 7.36. The predicted molar refractivity (Wildman–Crippen MR) is 76.6 cm³/mol. The molecule has 0 fully saturated rings. The Kier molecular flexibility index (Phi) is 6.11. The van der Waals surface area contributed by atoms with Gasteiger partial charge in [-0.1, -0.05) is 31.7 Å². The zero-order valence-electron chi connectivity index (χ0n) is 11.4. The molecule has 1 rings (SSSR count). The quantitative estimate of drug-likeness (QED) is 0.671. The topological polar surface area (TPSA) is 27.7 Å². The first-order valence-electron chi connectivity index (χ1n) is 6.39. The van der Waals surface area contributed by atoms with E-state index in [9.17, 15) is 0 Å². The van der Waals surface area contributed by atoms with Crippen LogP contribution in [0.15, 0.2) is 30.8 Å². The summed E-state index contributed by atoms with van der Waals surface area (Å²) in [6.07, 6.45) is 1.80. The highest BCUT2D eigenvalue weighted by atomic mass is 28.4. The van der Waals surface area contributed by atoms with Crippen LogP contribution in [0.4, 0.5) is 0 Å². The molecule has 100 valence electrons. The Morgan fingerprint density at radius 3 is 2.00 bits per heavy atom. The van der Waals surface area contributed by atoms with Crippen LogP contribution in [0.5, 0.6) is 5.75 Å². The lowest BCUT2D eigenvalue weighted by atomic mass is 10.2. The summed E-state index contributed by atoms with van der Waals surface area (Å²) in [5.41, 5.74) is 1.07. The van der Waals surface area contributed by atoms with Crippen molar-refractivity contribution in [3.8, 4) is 5.75 Å². The van der Waals surface area contributed by atoms with Crippen LogP contribution in [0.3, 0.4) is 0 Å². The molecule has 0 radical (unpaired) electrons. The largest absolute Gasteiger partial charge is 0.565 e. The highest BCUT2D eigenvalue weighted by molar-refractivity contribution is 6.61. The van der Waals surface area contributed by atoms with Crippen molar-refractivity contribution in [2.75, 3.05) is 13.2 Å². The summed E-state index contributed by atoms with van der Waals surface area (Å²) in [6.45, 7) is 10.9. The minimum atomic E-state index is -2.56. The van der Waals surface area contributed by atoms with E-state index in [1.807, 2.05) is 45.0 Å². The van der Waals surface area contributed by atoms with Crippen LogP contribution >= 0.6 is 0 Å². The van der Waals surface area contributed by atoms with E-state index in [1.54, 1.807) is 6.08 Å². The normalized spacial score (nSPS) is 11.3. The Morgan fingerprint density at radius 2 is 1.61 bits per heavy atom. The van der Waals surface area contributed by atoms with Crippen molar-refractivity contribution in [2.45, 2.75) is 26.8 Å². The summed E-state index contributed by atoms with van der Waals surface area (Å²) in [5, 5.41) is 0. The molecule has 0 spiro atoms. The summed E-state index contributed by atoms with van der Waals surface area (Å²) < 4.78 is 17.5. The molecule has 0 atom stereocenters. The predicted octanol–water partition coefficient (Wildman–Crippen LogP) is 3.74. The van der Waals surface area contributed by atoms with E-state index in [0.717, 1.165) is 17.4 Å². The molecular weight excluding hydrogens is 244 g/mol. The fourth-order valence-corrected chi connectivity index (χ4v) is 3.80. The average Bonchev–Trinajstić information content (AvgIpc) is 2.40. The SMILES string of the molecule is C=Cc1ccc(O[Si](CC)(OCC)OCC)cc1. The van der Waals surface area contributed by atoms with Crippen LogP contribution in [-0.2, 0) is 8.85 Å². The molecule has 1 aromatic carbocycles. The Hall–Kier alpha value is -1.10. The van der Waals surface area contributed by atoms with Crippen molar-refractivity contribution < 1.29 is 13.3 Å². The van der Waals surface area contributed by atoms with Crippen molar-refractivity contribution in [3.63, 3.8) is 0 Å². The van der Waals surface area contributed by atoms with Gasteiger partial charge in [0.05, 0.1) is 0 Å². The number of rotatable bonds is 8. The minimum absolute atomic E-state index is 0.602. The fraction of sp³-hybridized carbons (Fsp3) is 0.429. The van der Waals surface area contributed by atoms with E-state index in [2.05, 4.69) is 6.58 Å². The lowest BCUT2D eigenvalue weighted by molar-refractivity contribution is 0.118. The standard InChI is InChI=1S/C14H22O3Si/c1-5-13-9-11-14(12-10-13)17-18(8-4,15-6-2)16-7-3/h5,9-12H,1,6-8H2,2-4H3. The van der Waals surface area contributed by atoms with Crippen LogP contribution in [-0.4, -0.2) is 22.0 Å². The molecule has 0 amide bonds. The van der Waals surface area contributed by atoms with Crippen molar-refractivity contribution >= 4 is 14.9 Å². The zero-order chi connectivity index (χ0) is 13.4. The van der Waals surface area contributed by atoms with E-state index in [4.69, 9.17) is 13.3 Å². The monoisotopic (exact) mass is 266 g/mol. The molecule has 0 saturated heterocycles. The Morgan fingerprint density at radius 1 is 1.06 bits per heavy atom. The fourth-order valence-electron chi connectivity index (χ4n) is 1.67. The molecule has 18 heavy (non-hydrogen) atoms. The maximum Gasteiger partial charge on any atom is 0.565 e. The number of benzene rings is 1. The summed E-state index contributed by atoms with van der Waals surface area (Å²) >= 11 is 0. The van der Waals surface area contributed by atoms with Crippen molar-refractivity contribution in [1.82, 2.24) is 0 Å². The lowest BCUT2D eigenvalue weighted by Gasteiger charge is -2.28. The summed E-state index contributed by atoms with van der Waals surface area (Å²) in [5.74, 6) is 0.788. The smallest absolute Gasteiger partial charge is 0.501 e. The van der Waals surface area contributed by atoms with Crippen molar-refractivity contribution in [3.05, 3.63) is 36.4 Å². The third-order valence-corrected chi connectivity index (χ3v) is 5.42. The van der Waals surface area contributed by atoms with E-state index < -0.39 is 8.80 Å². The molecule has 0 bridgehead atoms. The van der Waals surface area contributed by atoms with Gasteiger partial charge in [-0.05, 0) is 31.5 Å². The number of hydrogen-bond donors (Lipinski definition) is 0. The van der Waals surface area contributed by atoms with Gasteiger partial charge in [0.15, 0.2) is 0 Å². The summed E-state index contributed by atoms with van der Waals surface area (Å²) in [6, 6.07) is 8.54. The first-order chi connectivity index (χ1) is 8.69. The zero-order valence-corrected chi connectivity index (χ0v) is 12.4. The average molecular weight is 266 g/mol. The number of hydrogen-bond acceptors (Lipinski definition) is 3. The Balaban J connectivity index is 2.83. The second-order valence-electron chi connectivity index (χ2n) is 3.78. The van der Waals surface area contributed by atoms with Crippen LogP contribution in [0.1, 0.15) is 26.3 Å². The van der Waals surface area contributed by atoms with E-state index in [-0.39, 0.29) is 0 Å². The van der Waals surface area contributed by atoms with Gasteiger partial charge < -0.3 is 13.3 Å². The van der Waals surface area contributed by atoms with Gasteiger partial charge in [-0.15, -0.1) is 0 Å². The van der Waals surface area contributed by atoms with Gasteiger partial charge in [0.2, 0.25) is 0 Å². The van der Waals surface area contributed by atoms with Crippen molar-refractivity contribution in [1.29, 1.82) is 0 Å². The second-order valence-corrected chi connectivity index (χ2v) is 6.63.